The van der Waals surface area contributed by atoms with Crippen molar-refractivity contribution in [1.29, 1.82) is 0 Å². The maximum Gasteiger partial charge on any atom is 0.334 e. The molecule has 4 heterocycles. The first-order valence-corrected chi connectivity index (χ1v) is 11.8. The monoisotopic (exact) mass is 489 g/mol. The Kier molecular flexibility index (Phi) is 4.77. The van der Waals surface area contributed by atoms with Crippen molar-refractivity contribution in [3.05, 3.63) is 91.3 Å². The number of carbonyl (C=O) groups excluding carboxylic acids is 1. The molecule has 2 fully saturated rings. The smallest absolute Gasteiger partial charge is 0.334 e. The molecule has 2 aromatic carbocycles. The van der Waals surface area contributed by atoms with Gasteiger partial charge in [0.25, 0.3) is 11.6 Å². The third kappa shape index (κ3) is 2.71. The van der Waals surface area contributed by atoms with Gasteiger partial charge in [-0.15, -0.1) is 0 Å². The molecule has 2 saturated heterocycles. The van der Waals surface area contributed by atoms with Gasteiger partial charge in [0.1, 0.15) is 5.54 Å². The molecule has 4 atom stereocenters. The van der Waals surface area contributed by atoms with Crippen molar-refractivity contribution in [2.75, 3.05) is 18.5 Å². The molecule has 0 bridgehead atoms. The van der Waals surface area contributed by atoms with Gasteiger partial charge >= 0.3 is 5.69 Å². The van der Waals surface area contributed by atoms with Crippen molar-refractivity contribution in [2.45, 2.75) is 43.2 Å². The summed E-state index contributed by atoms with van der Waals surface area (Å²) in [7, 11) is 1.72. The number of rotatable bonds is 4. The van der Waals surface area contributed by atoms with Crippen LogP contribution in [0.4, 0.5) is 17.1 Å². The fraction of sp³-hybridized carbons (Fsp3) is 0.360. The van der Waals surface area contributed by atoms with E-state index in [0.717, 1.165) is 29.7 Å². The molecule has 0 N–H and O–H groups in total. The quantitative estimate of drug-likeness (QED) is 0.396. The third-order valence-electron chi connectivity index (χ3n) is 8.09. The molecule has 0 saturated carbocycles. The fourth-order valence-corrected chi connectivity index (χ4v) is 6.81. The van der Waals surface area contributed by atoms with Gasteiger partial charge in [-0.1, -0.05) is 35.5 Å². The van der Waals surface area contributed by atoms with Crippen LogP contribution in [-0.2, 0) is 10.3 Å². The summed E-state index contributed by atoms with van der Waals surface area (Å²) in [6.07, 6.45) is 1.64. The Morgan fingerprint density at radius 3 is 2.50 bits per heavy atom. The molecule has 11 heteroatoms. The lowest BCUT2D eigenvalue weighted by Crippen LogP contribution is -2.52. The molecule has 1 aromatic heterocycles. The highest BCUT2D eigenvalue weighted by molar-refractivity contribution is 6.08. The fourth-order valence-electron chi connectivity index (χ4n) is 6.81. The Morgan fingerprint density at radius 2 is 1.81 bits per heavy atom. The number of aryl methyl sites for hydroxylation is 1. The van der Waals surface area contributed by atoms with Gasteiger partial charge in [-0.25, -0.2) is 0 Å². The number of likely N-dealkylation sites (N-methyl/N-ethyl adjacent to an activating group) is 1. The second-order valence-corrected chi connectivity index (χ2v) is 9.64. The number of nitro groups is 2. The largest absolute Gasteiger partial charge is 0.353 e. The number of nitrogens with zero attached hydrogens (tertiary/aromatic N) is 5. The van der Waals surface area contributed by atoms with Crippen LogP contribution in [0, 0.1) is 27.2 Å². The van der Waals surface area contributed by atoms with Crippen molar-refractivity contribution >= 4 is 23.0 Å². The van der Waals surface area contributed by atoms with Crippen LogP contribution >= 0.6 is 0 Å². The van der Waals surface area contributed by atoms with Crippen LogP contribution in [0.2, 0.25) is 0 Å². The van der Waals surface area contributed by atoms with Crippen LogP contribution in [0.1, 0.15) is 47.3 Å². The van der Waals surface area contributed by atoms with E-state index in [1.165, 1.54) is 19.1 Å². The van der Waals surface area contributed by atoms with Crippen molar-refractivity contribution in [3.8, 4) is 0 Å². The summed E-state index contributed by atoms with van der Waals surface area (Å²) in [6, 6.07) is 13.7. The van der Waals surface area contributed by atoms with Gasteiger partial charge in [0.15, 0.2) is 5.69 Å². The van der Waals surface area contributed by atoms with Crippen LogP contribution in [-0.4, -0.2) is 45.4 Å². The highest BCUT2D eigenvalue weighted by atomic mass is 16.6. The van der Waals surface area contributed by atoms with Crippen LogP contribution in [0.3, 0.4) is 0 Å². The molecule has 36 heavy (non-hydrogen) atoms. The molecule has 3 aromatic rings. The molecule has 1 spiro atoms. The normalized spacial score (nSPS) is 27.0. The van der Waals surface area contributed by atoms with Gasteiger partial charge in [-0.2, -0.15) is 0 Å². The number of para-hydroxylation sites is 1. The van der Waals surface area contributed by atoms with E-state index in [1.54, 1.807) is 24.1 Å². The first-order valence-electron chi connectivity index (χ1n) is 11.8. The molecular weight excluding hydrogens is 466 g/mol. The molecular formula is C25H23N5O6. The zero-order chi connectivity index (χ0) is 25.4. The van der Waals surface area contributed by atoms with E-state index in [1.807, 2.05) is 24.3 Å². The average molecular weight is 489 g/mol. The standard InChI is InChI=1S/C25H23N5O6/c1-14-22(30(34)35)23(36-26-14)21-20(15-9-11-16(12-10-15)29(32)33)19-8-5-13-28(19)25(21)17-6-3-4-7-18(17)27(2)24(25)31/h3-4,6-7,9-12,19-21H,5,8,13H2,1-2H3/t19-,20-,21-,25+/m1/s1. The Morgan fingerprint density at radius 1 is 1.08 bits per heavy atom. The molecule has 0 unspecified atom stereocenters. The minimum absolute atomic E-state index is 0.0465. The summed E-state index contributed by atoms with van der Waals surface area (Å²) in [5.74, 6) is -1.26. The van der Waals surface area contributed by atoms with E-state index >= 15 is 0 Å². The molecule has 6 rings (SSSR count). The van der Waals surface area contributed by atoms with Gasteiger partial charge in [0.2, 0.25) is 5.76 Å². The maximum absolute atomic E-state index is 14.3. The van der Waals surface area contributed by atoms with E-state index < -0.39 is 21.3 Å². The second kappa shape index (κ2) is 7.69. The number of hydrogen-bond acceptors (Lipinski definition) is 8. The second-order valence-electron chi connectivity index (χ2n) is 9.64. The number of benzene rings is 2. The number of carbonyl (C=O) groups is 1. The molecule has 3 aliphatic rings. The number of aromatic nitrogens is 1. The molecule has 3 aliphatic heterocycles. The van der Waals surface area contributed by atoms with E-state index in [0.29, 0.717) is 6.54 Å². The van der Waals surface area contributed by atoms with Gasteiger partial charge in [0.05, 0.1) is 15.8 Å². The predicted octanol–water partition coefficient (Wildman–Crippen LogP) is 4.02. The third-order valence-corrected chi connectivity index (χ3v) is 8.09. The maximum atomic E-state index is 14.3. The summed E-state index contributed by atoms with van der Waals surface area (Å²) in [6.45, 7) is 2.16. The van der Waals surface area contributed by atoms with E-state index in [-0.39, 0.29) is 40.7 Å². The zero-order valence-electron chi connectivity index (χ0n) is 19.7. The highest BCUT2D eigenvalue weighted by Crippen LogP contribution is 2.65. The van der Waals surface area contributed by atoms with Gasteiger partial charge in [-0.3, -0.25) is 29.9 Å². The number of nitro benzene ring substituents is 1. The molecule has 184 valence electrons. The topological polar surface area (TPSA) is 136 Å². The van der Waals surface area contributed by atoms with Crippen molar-refractivity contribution in [1.82, 2.24) is 10.1 Å². The first kappa shape index (κ1) is 22.4. The number of fused-ring (bicyclic) bond motifs is 4. The Bertz CT molecular complexity index is 1420. The lowest BCUT2D eigenvalue weighted by molar-refractivity contribution is -0.386. The molecule has 11 nitrogen and oxygen atoms in total. The van der Waals surface area contributed by atoms with Crippen molar-refractivity contribution in [3.63, 3.8) is 0 Å². The van der Waals surface area contributed by atoms with Crippen LogP contribution in [0.25, 0.3) is 0 Å². The number of anilines is 1. The summed E-state index contributed by atoms with van der Waals surface area (Å²) in [4.78, 5) is 40.6. The molecule has 1 amide bonds. The predicted molar refractivity (Wildman–Crippen MR) is 128 cm³/mol. The van der Waals surface area contributed by atoms with Gasteiger partial charge in [0, 0.05) is 42.4 Å². The average Bonchev–Trinajstić information content (AvgIpc) is 3.60. The summed E-state index contributed by atoms with van der Waals surface area (Å²) in [5.41, 5.74) is 0.940. The van der Waals surface area contributed by atoms with Crippen molar-refractivity contribution < 1.29 is 19.2 Å². The van der Waals surface area contributed by atoms with Crippen LogP contribution in [0.15, 0.2) is 53.1 Å². The SMILES string of the molecule is Cc1noc([C@H]2[C@H](c3ccc([N+](=O)[O-])cc3)[C@H]3CCCN3[C@]23C(=O)N(C)c2ccccc23)c1[N+](=O)[O-]. The minimum atomic E-state index is -1.23. The lowest BCUT2D eigenvalue weighted by Gasteiger charge is -2.36. The summed E-state index contributed by atoms with van der Waals surface area (Å²) in [5, 5.41) is 27.4. The number of hydrogen-bond donors (Lipinski definition) is 0. The van der Waals surface area contributed by atoms with E-state index in [4.69, 9.17) is 4.52 Å². The van der Waals surface area contributed by atoms with E-state index in [9.17, 15) is 25.0 Å². The number of amides is 1. The lowest BCUT2D eigenvalue weighted by atomic mass is 9.70. The highest BCUT2D eigenvalue weighted by Gasteiger charge is 2.71. The van der Waals surface area contributed by atoms with Crippen LogP contribution < -0.4 is 4.90 Å². The summed E-state index contributed by atoms with van der Waals surface area (Å²) >= 11 is 0. The zero-order valence-corrected chi connectivity index (χ0v) is 19.7. The Labute approximate surface area is 205 Å². The van der Waals surface area contributed by atoms with Gasteiger partial charge < -0.3 is 9.42 Å². The number of non-ortho nitro benzene ring substituents is 1. The molecule has 0 aliphatic carbocycles. The summed E-state index contributed by atoms with van der Waals surface area (Å²) < 4.78 is 5.71. The Balaban J connectivity index is 1.66. The van der Waals surface area contributed by atoms with Gasteiger partial charge in [-0.05, 0) is 37.9 Å². The van der Waals surface area contributed by atoms with E-state index in [2.05, 4.69) is 10.1 Å². The minimum Gasteiger partial charge on any atom is -0.353 e. The Hall–Kier alpha value is -4.12. The first-order chi connectivity index (χ1) is 17.3. The van der Waals surface area contributed by atoms with Crippen LogP contribution in [0.5, 0.6) is 0 Å². The van der Waals surface area contributed by atoms with Crippen molar-refractivity contribution in [2.24, 2.45) is 0 Å². The molecule has 0 radical (unpaired) electrons.